The molecule has 1 aliphatic heterocycles. The van der Waals surface area contributed by atoms with Crippen molar-refractivity contribution in [3.05, 3.63) is 34.6 Å². The number of H-pyrrole nitrogens is 1. The Morgan fingerprint density at radius 3 is 2.95 bits per heavy atom. The zero-order valence-corrected chi connectivity index (χ0v) is 12.0. The van der Waals surface area contributed by atoms with Gasteiger partial charge in [-0.25, -0.2) is 4.98 Å². The summed E-state index contributed by atoms with van der Waals surface area (Å²) in [6.45, 7) is 4.60. The van der Waals surface area contributed by atoms with Crippen molar-refractivity contribution in [1.82, 2.24) is 14.9 Å². The van der Waals surface area contributed by atoms with Crippen LogP contribution in [0.5, 0.6) is 0 Å². The van der Waals surface area contributed by atoms with Crippen molar-refractivity contribution in [1.29, 1.82) is 0 Å². The van der Waals surface area contributed by atoms with Crippen LogP contribution in [0.2, 0.25) is 0 Å². The summed E-state index contributed by atoms with van der Waals surface area (Å²) in [6.07, 6.45) is 0. The van der Waals surface area contributed by atoms with Crippen LogP contribution < -0.4 is 5.56 Å². The number of rotatable bonds is 4. The molecule has 0 saturated carbocycles. The van der Waals surface area contributed by atoms with Crippen molar-refractivity contribution in [2.24, 2.45) is 0 Å². The van der Waals surface area contributed by atoms with Gasteiger partial charge in [-0.15, -0.1) is 0 Å². The lowest BCUT2D eigenvalue weighted by atomic mass is 10.2. The van der Waals surface area contributed by atoms with Crippen LogP contribution in [0.1, 0.15) is 0 Å². The van der Waals surface area contributed by atoms with E-state index in [9.17, 15) is 4.79 Å². The molecule has 0 radical (unpaired) electrons. The third kappa shape index (κ3) is 3.20. The molecule has 0 aliphatic carbocycles. The molecule has 1 aromatic carbocycles. The highest BCUT2D eigenvalue weighted by Gasteiger charge is 2.10. The first-order valence-corrected chi connectivity index (χ1v) is 7.73. The molecule has 106 valence electrons. The first-order chi connectivity index (χ1) is 9.83. The van der Waals surface area contributed by atoms with E-state index in [0.29, 0.717) is 10.5 Å². The summed E-state index contributed by atoms with van der Waals surface area (Å²) in [5, 5.41) is 1.34. The maximum absolute atomic E-state index is 11.9. The summed E-state index contributed by atoms with van der Waals surface area (Å²) in [5.74, 6) is 0.918. The average molecular weight is 291 g/mol. The molecule has 0 unspecified atom stereocenters. The number of hydrogen-bond acceptors (Lipinski definition) is 5. The number of benzene rings is 1. The zero-order valence-electron chi connectivity index (χ0n) is 11.2. The Kier molecular flexibility index (Phi) is 4.34. The molecule has 0 bridgehead atoms. The first kappa shape index (κ1) is 13.6. The molecule has 1 aliphatic rings. The number of nitrogens with zero attached hydrogens (tertiary/aromatic N) is 2. The second-order valence-corrected chi connectivity index (χ2v) is 5.77. The zero-order chi connectivity index (χ0) is 13.8. The number of nitrogens with one attached hydrogen (secondary N) is 1. The van der Waals surface area contributed by atoms with Gasteiger partial charge in [-0.05, 0) is 12.1 Å². The van der Waals surface area contributed by atoms with Crippen LogP contribution in [0.3, 0.4) is 0 Å². The van der Waals surface area contributed by atoms with Crippen molar-refractivity contribution < 1.29 is 4.74 Å². The van der Waals surface area contributed by atoms with Gasteiger partial charge >= 0.3 is 0 Å². The van der Waals surface area contributed by atoms with Gasteiger partial charge in [0.05, 0.1) is 24.1 Å². The molecule has 1 aromatic heterocycles. The highest BCUT2D eigenvalue weighted by atomic mass is 32.2. The van der Waals surface area contributed by atoms with Crippen molar-refractivity contribution in [3.8, 4) is 0 Å². The summed E-state index contributed by atoms with van der Waals surface area (Å²) >= 11 is 1.59. The second-order valence-electron chi connectivity index (χ2n) is 4.69. The molecule has 0 spiro atoms. The van der Waals surface area contributed by atoms with Crippen LogP contribution in [-0.2, 0) is 4.74 Å². The molecule has 1 fully saturated rings. The van der Waals surface area contributed by atoms with Crippen LogP contribution >= 0.6 is 11.8 Å². The Hall–Kier alpha value is -1.37. The number of thioether (sulfide) groups is 1. The van der Waals surface area contributed by atoms with E-state index in [1.54, 1.807) is 17.8 Å². The number of ether oxygens (including phenoxy) is 1. The van der Waals surface area contributed by atoms with E-state index in [1.165, 1.54) is 0 Å². The fraction of sp³-hybridized carbons (Fsp3) is 0.429. The SMILES string of the molecule is O=c1[nH]c(SCCN2CCOCC2)nc2ccccc12. The Labute approximate surface area is 121 Å². The van der Waals surface area contributed by atoms with Gasteiger partial charge in [-0.2, -0.15) is 0 Å². The quantitative estimate of drug-likeness (QED) is 0.680. The summed E-state index contributed by atoms with van der Waals surface area (Å²) < 4.78 is 5.32. The van der Waals surface area contributed by atoms with Gasteiger partial charge in [-0.3, -0.25) is 9.69 Å². The third-order valence-electron chi connectivity index (χ3n) is 3.34. The summed E-state index contributed by atoms with van der Waals surface area (Å²) in [5.41, 5.74) is 0.689. The normalized spacial score (nSPS) is 16.6. The standard InChI is InChI=1S/C14H17N3O2S/c18-13-11-3-1-2-4-12(11)15-14(16-13)20-10-7-17-5-8-19-9-6-17/h1-4H,5-10H2,(H,15,16,18). The Morgan fingerprint density at radius 1 is 1.30 bits per heavy atom. The van der Waals surface area contributed by atoms with Crippen molar-refractivity contribution in [3.63, 3.8) is 0 Å². The molecule has 2 heterocycles. The van der Waals surface area contributed by atoms with Gasteiger partial charge in [0.1, 0.15) is 0 Å². The topological polar surface area (TPSA) is 58.2 Å². The molecule has 0 amide bonds. The number of fused-ring (bicyclic) bond motifs is 1. The summed E-state index contributed by atoms with van der Waals surface area (Å²) in [6, 6.07) is 7.42. The summed E-state index contributed by atoms with van der Waals surface area (Å²) in [7, 11) is 0. The number of aromatic amines is 1. The van der Waals surface area contributed by atoms with Crippen molar-refractivity contribution in [2.45, 2.75) is 5.16 Å². The predicted molar refractivity (Wildman–Crippen MR) is 80.3 cm³/mol. The molecular weight excluding hydrogens is 274 g/mol. The third-order valence-corrected chi connectivity index (χ3v) is 4.19. The second kappa shape index (κ2) is 6.39. The minimum Gasteiger partial charge on any atom is -0.379 e. The van der Waals surface area contributed by atoms with Crippen LogP contribution in [0.25, 0.3) is 10.9 Å². The van der Waals surface area contributed by atoms with E-state index in [-0.39, 0.29) is 5.56 Å². The molecule has 0 atom stereocenters. The van der Waals surface area contributed by atoms with Crippen molar-refractivity contribution >= 4 is 22.7 Å². The largest absolute Gasteiger partial charge is 0.379 e. The van der Waals surface area contributed by atoms with E-state index >= 15 is 0 Å². The molecule has 1 saturated heterocycles. The van der Waals surface area contributed by atoms with Gasteiger partial charge in [0.15, 0.2) is 5.16 Å². The fourth-order valence-electron chi connectivity index (χ4n) is 2.23. The fourth-order valence-corrected chi connectivity index (χ4v) is 3.10. The maximum atomic E-state index is 11.9. The number of aromatic nitrogens is 2. The molecule has 1 N–H and O–H groups in total. The van der Waals surface area contributed by atoms with Crippen LogP contribution in [-0.4, -0.2) is 53.5 Å². The van der Waals surface area contributed by atoms with Crippen LogP contribution in [0.4, 0.5) is 0 Å². The Morgan fingerprint density at radius 2 is 2.10 bits per heavy atom. The maximum Gasteiger partial charge on any atom is 0.259 e. The van der Waals surface area contributed by atoms with E-state index in [2.05, 4.69) is 14.9 Å². The number of morpholine rings is 1. The molecule has 6 heteroatoms. The van der Waals surface area contributed by atoms with Gasteiger partial charge in [0, 0.05) is 25.4 Å². The number of hydrogen-bond donors (Lipinski definition) is 1. The smallest absolute Gasteiger partial charge is 0.259 e. The van der Waals surface area contributed by atoms with Crippen LogP contribution in [0, 0.1) is 0 Å². The minimum absolute atomic E-state index is 0.0653. The van der Waals surface area contributed by atoms with E-state index in [0.717, 1.165) is 44.1 Å². The molecule has 2 aromatic rings. The number of para-hydroxylation sites is 1. The van der Waals surface area contributed by atoms with E-state index < -0.39 is 0 Å². The predicted octanol–water partition coefficient (Wildman–Crippen LogP) is 1.35. The van der Waals surface area contributed by atoms with Gasteiger partial charge < -0.3 is 9.72 Å². The van der Waals surface area contributed by atoms with Crippen molar-refractivity contribution in [2.75, 3.05) is 38.6 Å². The highest BCUT2D eigenvalue weighted by Crippen LogP contribution is 2.14. The Bertz CT molecular complexity index is 638. The summed E-state index contributed by atoms with van der Waals surface area (Å²) in [4.78, 5) is 21.6. The van der Waals surface area contributed by atoms with E-state index in [4.69, 9.17) is 4.74 Å². The molecule has 20 heavy (non-hydrogen) atoms. The van der Waals surface area contributed by atoms with Gasteiger partial charge in [-0.1, -0.05) is 23.9 Å². The highest BCUT2D eigenvalue weighted by molar-refractivity contribution is 7.99. The molecule has 3 rings (SSSR count). The van der Waals surface area contributed by atoms with Gasteiger partial charge in [0.25, 0.3) is 5.56 Å². The lowest BCUT2D eigenvalue weighted by Gasteiger charge is -2.26. The lowest BCUT2D eigenvalue weighted by molar-refractivity contribution is 0.0410. The van der Waals surface area contributed by atoms with Crippen LogP contribution in [0.15, 0.2) is 34.2 Å². The Balaban J connectivity index is 1.64. The van der Waals surface area contributed by atoms with Gasteiger partial charge in [0.2, 0.25) is 0 Å². The first-order valence-electron chi connectivity index (χ1n) is 6.75. The lowest BCUT2D eigenvalue weighted by Crippen LogP contribution is -2.37. The molecule has 5 nitrogen and oxygen atoms in total. The van der Waals surface area contributed by atoms with E-state index in [1.807, 2.05) is 18.2 Å². The minimum atomic E-state index is -0.0653. The monoisotopic (exact) mass is 291 g/mol. The average Bonchev–Trinajstić information content (AvgIpc) is 2.48. The molecular formula is C14H17N3O2S.